The number of rotatable bonds is 9. The van der Waals surface area contributed by atoms with Crippen LogP contribution >= 0.6 is 24.8 Å². The molecule has 0 unspecified atom stereocenters. The molecule has 1 amide bonds. The van der Waals surface area contributed by atoms with Crippen molar-refractivity contribution in [1.29, 1.82) is 0 Å². The zero-order chi connectivity index (χ0) is 15.7. The topological polar surface area (TPSA) is 100 Å². The minimum Gasteiger partial charge on any atom is -0.355 e. The highest BCUT2D eigenvalue weighted by atomic mass is 35.5. The summed E-state index contributed by atoms with van der Waals surface area (Å²) in [5, 5.41) is 5.91. The van der Waals surface area contributed by atoms with E-state index in [0.717, 1.165) is 6.54 Å². The molecule has 1 aromatic heterocycles. The molecule has 134 valence electrons. The van der Waals surface area contributed by atoms with Crippen LogP contribution in [0.2, 0.25) is 0 Å². The van der Waals surface area contributed by atoms with Crippen LogP contribution < -0.4 is 15.4 Å². The molecular weight excluding hydrogens is 363 g/mol. The van der Waals surface area contributed by atoms with Gasteiger partial charge in [0.15, 0.2) is 0 Å². The normalized spacial score (nSPS) is 11.7. The second-order valence-corrected chi connectivity index (χ2v) is 6.37. The molecule has 0 saturated carbocycles. The Kier molecular flexibility index (Phi) is 13.2. The van der Waals surface area contributed by atoms with E-state index in [0.29, 0.717) is 6.54 Å². The monoisotopic (exact) mass is 386 g/mol. The average molecular weight is 387 g/mol. The molecule has 7 nitrogen and oxygen atoms in total. The van der Waals surface area contributed by atoms with Crippen molar-refractivity contribution in [2.45, 2.75) is 31.2 Å². The second kappa shape index (κ2) is 12.5. The lowest BCUT2D eigenvalue weighted by Gasteiger charge is -2.13. The van der Waals surface area contributed by atoms with Gasteiger partial charge in [0.2, 0.25) is 15.9 Å². The molecular formula is C13H24Cl2N4O3S. The molecule has 0 bridgehead atoms. The van der Waals surface area contributed by atoms with E-state index in [9.17, 15) is 13.2 Å². The van der Waals surface area contributed by atoms with E-state index in [4.69, 9.17) is 0 Å². The molecule has 0 aliphatic carbocycles. The van der Waals surface area contributed by atoms with Crippen LogP contribution in [0, 0.1) is 0 Å². The van der Waals surface area contributed by atoms with Crippen molar-refractivity contribution >= 4 is 40.7 Å². The second-order valence-electron chi connectivity index (χ2n) is 4.60. The first kappa shape index (κ1) is 24.3. The number of carbonyl (C=O) groups excluding carboxylic acids is 1. The maximum atomic E-state index is 11.9. The van der Waals surface area contributed by atoms with E-state index in [1.54, 1.807) is 6.07 Å². The molecule has 10 heteroatoms. The third kappa shape index (κ3) is 9.72. The zero-order valence-corrected chi connectivity index (χ0v) is 15.6. The summed E-state index contributed by atoms with van der Waals surface area (Å²) in [5.74, 6) is -0.186. The largest absolute Gasteiger partial charge is 0.355 e. The Bertz CT molecular complexity index is 543. The predicted molar refractivity (Wildman–Crippen MR) is 94.7 cm³/mol. The maximum Gasteiger partial charge on any atom is 0.242 e. The lowest BCUT2D eigenvalue weighted by atomic mass is 10.3. The molecule has 23 heavy (non-hydrogen) atoms. The highest BCUT2D eigenvalue weighted by molar-refractivity contribution is 7.89. The van der Waals surface area contributed by atoms with Crippen LogP contribution in [0.3, 0.4) is 0 Å². The van der Waals surface area contributed by atoms with Gasteiger partial charge < -0.3 is 10.6 Å². The van der Waals surface area contributed by atoms with Gasteiger partial charge in [0.25, 0.3) is 0 Å². The minimum atomic E-state index is -3.60. The number of sulfonamides is 1. The summed E-state index contributed by atoms with van der Waals surface area (Å²) < 4.78 is 26.1. The van der Waals surface area contributed by atoms with Crippen molar-refractivity contribution in [1.82, 2.24) is 20.3 Å². The standard InChI is InChI=1S/C13H22N4O3S.2ClH/c1-3-15-11(2)9-16-13(18)6-8-17-21(19,20)12-5-4-7-14-10-12;;/h4-5,7,10-11,15,17H,3,6,8-9H2,1-2H3,(H,16,18);2*1H/t11-;;/m1../s1. The summed E-state index contributed by atoms with van der Waals surface area (Å²) in [5.41, 5.74) is 0. The Morgan fingerprint density at radius 1 is 1.35 bits per heavy atom. The first-order valence-electron chi connectivity index (χ1n) is 6.85. The summed E-state index contributed by atoms with van der Waals surface area (Å²) in [6.45, 7) is 5.36. The van der Waals surface area contributed by atoms with Gasteiger partial charge in [0.1, 0.15) is 4.90 Å². The van der Waals surface area contributed by atoms with E-state index in [-0.39, 0.29) is 54.6 Å². The molecule has 1 heterocycles. The number of halogens is 2. The summed E-state index contributed by atoms with van der Waals surface area (Å²) in [7, 11) is -3.60. The number of aromatic nitrogens is 1. The number of nitrogens with one attached hydrogen (secondary N) is 3. The van der Waals surface area contributed by atoms with E-state index < -0.39 is 10.0 Å². The van der Waals surface area contributed by atoms with Crippen molar-refractivity contribution in [2.24, 2.45) is 0 Å². The number of nitrogens with zero attached hydrogens (tertiary/aromatic N) is 1. The number of pyridine rings is 1. The molecule has 1 rings (SSSR count). The van der Waals surface area contributed by atoms with Gasteiger partial charge in [-0.3, -0.25) is 9.78 Å². The van der Waals surface area contributed by atoms with Crippen molar-refractivity contribution in [3.8, 4) is 0 Å². The fourth-order valence-corrected chi connectivity index (χ4v) is 2.66. The van der Waals surface area contributed by atoms with Gasteiger partial charge in [-0.25, -0.2) is 13.1 Å². The molecule has 0 aliphatic heterocycles. The van der Waals surface area contributed by atoms with Crippen LogP contribution in [-0.4, -0.2) is 45.0 Å². The Balaban J connectivity index is 0. The van der Waals surface area contributed by atoms with E-state index in [1.165, 1.54) is 18.5 Å². The molecule has 1 aromatic rings. The number of carbonyl (C=O) groups is 1. The van der Waals surface area contributed by atoms with Crippen molar-refractivity contribution < 1.29 is 13.2 Å². The fourth-order valence-electron chi connectivity index (χ4n) is 1.66. The van der Waals surface area contributed by atoms with Crippen molar-refractivity contribution in [2.75, 3.05) is 19.6 Å². The van der Waals surface area contributed by atoms with Crippen LogP contribution in [-0.2, 0) is 14.8 Å². The van der Waals surface area contributed by atoms with Gasteiger partial charge in [-0.1, -0.05) is 6.92 Å². The molecule has 0 saturated heterocycles. The van der Waals surface area contributed by atoms with Crippen LogP contribution in [0.15, 0.2) is 29.4 Å². The highest BCUT2D eigenvalue weighted by Crippen LogP contribution is 2.04. The minimum absolute atomic E-state index is 0. The SMILES string of the molecule is CCN[C@H](C)CNC(=O)CCNS(=O)(=O)c1cccnc1.Cl.Cl. The van der Waals surface area contributed by atoms with Gasteiger partial charge in [-0.05, 0) is 25.6 Å². The van der Waals surface area contributed by atoms with E-state index in [2.05, 4.69) is 20.3 Å². The number of amides is 1. The maximum absolute atomic E-state index is 11.9. The van der Waals surface area contributed by atoms with Crippen LogP contribution in [0.4, 0.5) is 0 Å². The molecule has 0 fully saturated rings. The van der Waals surface area contributed by atoms with Crippen LogP contribution in [0.5, 0.6) is 0 Å². The Hall–Kier alpha value is -0.930. The fraction of sp³-hybridized carbons (Fsp3) is 0.538. The Morgan fingerprint density at radius 3 is 2.61 bits per heavy atom. The molecule has 3 N–H and O–H groups in total. The van der Waals surface area contributed by atoms with Crippen molar-refractivity contribution in [3.05, 3.63) is 24.5 Å². The van der Waals surface area contributed by atoms with E-state index in [1.807, 2.05) is 13.8 Å². The quantitative estimate of drug-likeness (QED) is 0.580. The molecule has 1 atom stereocenters. The Morgan fingerprint density at radius 2 is 2.04 bits per heavy atom. The summed E-state index contributed by atoms with van der Waals surface area (Å²) in [6, 6.07) is 3.18. The third-order valence-corrected chi connectivity index (χ3v) is 4.19. The molecule has 0 aromatic carbocycles. The lowest BCUT2D eigenvalue weighted by molar-refractivity contribution is -0.121. The highest BCUT2D eigenvalue weighted by Gasteiger charge is 2.14. The van der Waals surface area contributed by atoms with Crippen LogP contribution in [0.25, 0.3) is 0 Å². The number of hydrogen-bond acceptors (Lipinski definition) is 5. The Labute approximate surface area is 149 Å². The van der Waals surface area contributed by atoms with E-state index >= 15 is 0 Å². The average Bonchev–Trinajstić information content (AvgIpc) is 2.46. The van der Waals surface area contributed by atoms with Crippen molar-refractivity contribution in [3.63, 3.8) is 0 Å². The number of hydrogen-bond donors (Lipinski definition) is 3. The third-order valence-electron chi connectivity index (χ3n) is 2.75. The van der Waals surface area contributed by atoms with Gasteiger partial charge in [-0.15, -0.1) is 24.8 Å². The smallest absolute Gasteiger partial charge is 0.242 e. The van der Waals surface area contributed by atoms with Crippen LogP contribution in [0.1, 0.15) is 20.3 Å². The first-order valence-corrected chi connectivity index (χ1v) is 8.33. The predicted octanol–water partition coefficient (Wildman–Crippen LogP) is 0.708. The summed E-state index contributed by atoms with van der Waals surface area (Å²) in [4.78, 5) is 15.4. The molecule has 0 spiro atoms. The molecule has 0 aliphatic rings. The zero-order valence-electron chi connectivity index (χ0n) is 13.1. The van der Waals surface area contributed by atoms with Gasteiger partial charge in [-0.2, -0.15) is 0 Å². The summed E-state index contributed by atoms with van der Waals surface area (Å²) in [6.07, 6.45) is 2.86. The first-order chi connectivity index (χ1) is 9.95. The number of likely N-dealkylation sites (N-methyl/N-ethyl adjacent to an activating group) is 1. The van der Waals surface area contributed by atoms with Gasteiger partial charge >= 0.3 is 0 Å². The van der Waals surface area contributed by atoms with Gasteiger partial charge in [0, 0.05) is 37.9 Å². The molecule has 0 radical (unpaired) electrons. The lowest BCUT2D eigenvalue weighted by Crippen LogP contribution is -2.39. The van der Waals surface area contributed by atoms with Gasteiger partial charge in [0.05, 0.1) is 0 Å². The summed E-state index contributed by atoms with van der Waals surface area (Å²) >= 11 is 0.